The molecule has 0 saturated carbocycles. The highest BCUT2D eigenvalue weighted by atomic mass is 15.0. The summed E-state index contributed by atoms with van der Waals surface area (Å²) >= 11 is 0. The maximum Gasteiger partial charge on any atom is 0.0998 e. The average Bonchev–Trinajstić information content (AvgIpc) is 3.67. The van der Waals surface area contributed by atoms with E-state index in [0.29, 0.717) is 11.1 Å². The minimum absolute atomic E-state index is 0.588. The molecule has 0 saturated heterocycles. The Morgan fingerprint density at radius 2 is 0.958 bits per heavy atom. The molecule has 4 heteroatoms. The Kier molecular flexibility index (Phi) is 6.22. The lowest BCUT2D eigenvalue weighted by molar-refractivity contribution is 1.18. The molecule has 0 N–H and O–H groups in total. The molecule has 48 heavy (non-hydrogen) atoms. The highest BCUT2D eigenvalue weighted by molar-refractivity contribution is 6.11. The van der Waals surface area contributed by atoms with E-state index in [1.165, 1.54) is 0 Å². The number of para-hydroxylation sites is 4. The zero-order valence-corrected chi connectivity index (χ0v) is 25.8. The number of fused-ring (bicyclic) bond motifs is 6. The normalized spacial score (nSPS) is 11.3. The first-order chi connectivity index (χ1) is 23.7. The number of aromatic nitrogens is 2. The van der Waals surface area contributed by atoms with Crippen LogP contribution in [0.15, 0.2) is 158 Å². The first-order valence-electron chi connectivity index (χ1n) is 15.9. The predicted octanol–water partition coefficient (Wildman–Crippen LogP) is 11.0. The Bertz CT molecular complexity index is 2750. The molecular formula is C44H26N4. The molecule has 2 heterocycles. The van der Waals surface area contributed by atoms with Crippen molar-refractivity contribution in [3.63, 3.8) is 0 Å². The fourth-order valence-electron chi connectivity index (χ4n) is 7.26. The summed E-state index contributed by atoms with van der Waals surface area (Å²) in [6, 6.07) is 58.9. The van der Waals surface area contributed by atoms with Crippen molar-refractivity contribution in [3.05, 3.63) is 169 Å². The van der Waals surface area contributed by atoms with Crippen LogP contribution in [0.3, 0.4) is 0 Å². The summed E-state index contributed by atoms with van der Waals surface area (Å²) in [4.78, 5) is 0. The van der Waals surface area contributed by atoms with Gasteiger partial charge in [0, 0.05) is 38.4 Å². The number of benzene rings is 7. The van der Waals surface area contributed by atoms with Crippen molar-refractivity contribution in [1.82, 2.24) is 9.13 Å². The van der Waals surface area contributed by atoms with Gasteiger partial charge in [0.15, 0.2) is 0 Å². The highest BCUT2D eigenvalue weighted by Crippen LogP contribution is 2.40. The molecular weight excluding hydrogens is 585 g/mol. The van der Waals surface area contributed by atoms with Crippen LogP contribution in [0.1, 0.15) is 11.1 Å². The smallest absolute Gasteiger partial charge is 0.0998 e. The summed E-state index contributed by atoms with van der Waals surface area (Å²) in [5.41, 5.74) is 11.4. The van der Waals surface area contributed by atoms with Crippen LogP contribution in [-0.4, -0.2) is 9.13 Å². The van der Waals surface area contributed by atoms with Gasteiger partial charge in [0.05, 0.1) is 51.0 Å². The molecule has 0 aliphatic rings. The lowest BCUT2D eigenvalue weighted by Gasteiger charge is -2.16. The summed E-state index contributed by atoms with van der Waals surface area (Å²) in [6.07, 6.45) is 0. The highest BCUT2D eigenvalue weighted by Gasteiger charge is 2.19. The summed E-state index contributed by atoms with van der Waals surface area (Å²) in [5, 5.41) is 24.8. The molecule has 4 nitrogen and oxygen atoms in total. The summed E-state index contributed by atoms with van der Waals surface area (Å²) < 4.78 is 4.55. The monoisotopic (exact) mass is 610 g/mol. The van der Waals surface area contributed by atoms with E-state index in [-0.39, 0.29) is 0 Å². The maximum atomic E-state index is 10.3. The van der Waals surface area contributed by atoms with Gasteiger partial charge in [-0.25, -0.2) is 0 Å². The zero-order valence-electron chi connectivity index (χ0n) is 25.8. The Morgan fingerprint density at radius 3 is 1.62 bits per heavy atom. The molecule has 9 rings (SSSR count). The predicted molar refractivity (Wildman–Crippen MR) is 195 cm³/mol. The molecule has 0 atom stereocenters. The SMILES string of the molecule is N#Cc1ccc(-c2ccc(C#N)c(-c3ccc4c(c3)c3ccccc3n4-c3ccccc3)c2)c(-n2c3ccccc3c3ccccc32)c1. The molecule has 0 bridgehead atoms. The Labute approximate surface area is 277 Å². The molecule has 7 aromatic carbocycles. The van der Waals surface area contributed by atoms with Crippen LogP contribution in [0.25, 0.3) is 77.2 Å². The second kappa shape index (κ2) is 10.9. The van der Waals surface area contributed by atoms with Crippen molar-refractivity contribution in [3.8, 4) is 45.8 Å². The number of hydrogen-bond acceptors (Lipinski definition) is 2. The molecule has 0 unspecified atom stereocenters. The second-order valence-electron chi connectivity index (χ2n) is 12.0. The number of rotatable bonds is 4. The molecule has 0 spiro atoms. The van der Waals surface area contributed by atoms with Gasteiger partial charge in [-0.15, -0.1) is 0 Å². The van der Waals surface area contributed by atoms with Gasteiger partial charge in [0.25, 0.3) is 0 Å². The van der Waals surface area contributed by atoms with Crippen LogP contribution in [0, 0.1) is 22.7 Å². The van der Waals surface area contributed by atoms with Crippen LogP contribution >= 0.6 is 0 Å². The lowest BCUT2D eigenvalue weighted by atomic mass is 9.93. The van der Waals surface area contributed by atoms with E-state index in [2.05, 4.69) is 143 Å². The third-order valence-electron chi connectivity index (χ3n) is 9.40. The first kappa shape index (κ1) is 27.4. The van der Waals surface area contributed by atoms with Crippen molar-refractivity contribution in [2.75, 3.05) is 0 Å². The third kappa shape index (κ3) is 4.14. The van der Waals surface area contributed by atoms with Crippen molar-refractivity contribution in [1.29, 1.82) is 10.5 Å². The van der Waals surface area contributed by atoms with E-state index in [4.69, 9.17) is 0 Å². The first-order valence-corrected chi connectivity index (χ1v) is 15.9. The summed E-state index contributed by atoms with van der Waals surface area (Å²) in [6.45, 7) is 0. The Hall–Kier alpha value is -6.88. The van der Waals surface area contributed by atoms with Crippen LogP contribution in [-0.2, 0) is 0 Å². The standard InChI is InChI=1S/C44H26N4/c45-27-29-18-22-34(44(24-29)48-41-16-8-4-12-35(41)36-13-5-9-17-42(36)48)30-19-20-32(28-46)38(25-30)31-21-23-43-39(26-31)37-14-6-7-15-40(37)47(43)33-10-2-1-3-11-33/h1-26H. The zero-order chi connectivity index (χ0) is 32.2. The van der Waals surface area contributed by atoms with Crippen molar-refractivity contribution in [2.45, 2.75) is 0 Å². The van der Waals surface area contributed by atoms with Gasteiger partial charge in [0.1, 0.15) is 0 Å². The van der Waals surface area contributed by atoms with Gasteiger partial charge in [-0.05, 0) is 77.9 Å². The molecule has 0 aliphatic carbocycles. The molecule has 0 aliphatic heterocycles. The van der Waals surface area contributed by atoms with E-state index in [9.17, 15) is 10.5 Å². The minimum Gasteiger partial charge on any atom is -0.309 e. The van der Waals surface area contributed by atoms with Gasteiger partial charge in [-0.2, -0.15) is 10.5 Å². The Morgan fingerprint density at radius 1 is 0.396 bits per heavy atom. The van der Waals surface area contributed by atoms with E-state index in [1.54, 1.807) is 0 Å². The maximum absolute atomic E-state index is 10.3. The van der Waals surface area contributed by atoms with E-state index in [1.807, 2.05) is 36.4 Å². The Balaban J connectivity index is 1.27. The molecule has 0 radical (unpaired) electrons. The van der Waals surface area contributed by atoms with E-state index >= 15 is 0 Å². The average molecular weight is 611 g/mol. The van der Waals surface area contributed by atoms with Crippen LogP contribution < -0.4 is 0 Å². The second-order valence-corrected chi connectivity index (χ2v) is 12.0. The number of nitriles is 2. The minimum atomic E-state index is 0.588. The number of hydrogen-bond donors (Lipinski definition) is 0. The van der Waals surface area contributed by atoms with Gasteiger partial charge < -0.3 is 9.13 Å². The fourth-order valence-corrected chi connectivity index (χ4v) is 7.26. The molecule has 9 aromatic rings. The molecule has 0 fully saturated rings. The van der Waals surface area contributed by atoms with Gasteiger partial charge >= 0.3 is 0 Å². The van der Waals surface area contributed by atoms with Crippen LogP contribution in [0.5, 0.6) is 0 Å². The van der Waals surface area contributed by atoms with Crippen LogP contribution in [0.2, 0.25) is 0 Å². The van der Waals surface area contributed by atoms with Crippen molar-refractivity contribution in [2.24, 2.45) is 0 Å². The fraction of sp³-hybridized carbons (Fsp3) is 0. The third-order valence-corrected chi connectivity index (χ3v) is 9.40. The lowest BCUT2D eigenvalue weighted by Crippen LogP contribution is -1.99. The van der Waals surface area contributed by atoms with Gasteiger partial charge in [0.2, 0.25) is 0 Å². The van der Waals surface area contributed by atoms with Gasteiger partial charge in [-0.1, -0.05) is 91.0 Å². The quantitative estimate of drug-likeness (QED) is 0.199. The molecule has 0 amide bonds. The van der Waals surface area contributed by atoms with E-state index < -0.39 is 0 Å². The topological polar surface area (TPSA) is 57.4 Å². The van der Waals surface area contributed by atoms with Crippen molar-refractivity contribution >= 4 is 43.6 Å². The largest absolute Gasteiger partial charge is 0.309 e. The van der Waals surface area contributed by atoms with Crippen molar-refractivity contribution < 1.29 is 0 Å². The number of nitrogens with zero attached hydrogens (tertiary/aromatic N) is 4. The van der Waals surface area contributed by atoms with E-state index in [0.717, 1.165) is 77.2 Å². The van der Waals surface area contributed by atoms with Crippen LogP contribution in [0.4, 0.5) is 0 Å². The summed E-state index contributed by atoms with van der Waals surface area (Å²) in [7, 11) is 0. The molecule has 2 aromatic heterocycles. The molecule has 222 valence electrons. The summed E-state index contributed by atoms with van der Waals surface area (Å²) in [5.74, 6) is 0. The van der Waals surface area contributed by atoms with Gasteiger partial charge in [-0.3, -0.25) is 0 Å².